The summed E-state index contributed by atoms with van der Waals surface area (Å²) in [6, 6.07) is 21.9. The molecule has 3 aromatic carbocycles. The molecular weight excluding hydrogens is 428 g/mol. The summed E-state index contributed by atoms with van der Waals surface area (Å²) in [4.78, 5) is 27.3. The van der Waals surface area contributed by atoms with Crippen molar-refractivity contribution in [3.05, 3.63) is 84.4 Å². The minimum Gasteiger partial charge on any atom is -0.495 e. The molecule has 0 aliphatic carbocycles. The molecule has 1 unspecified atom stereocenters. The van der Waals surface area contributed by atoms with Gasteiger partial charge >= 0.3 is 0 Å². The highest BCUT2D eigenvalue weighted by atomic mass is 32.2. The number of para-hydroxylation sites is 3. The van der Waals surface area contributed by atoms with E-state index in [1.54, 1.807) is 72.8 Å². The first kappa shape index (κ1) is 21.6. The largest absolute Gasteiger partial charge is 0.495 e. The van der Waals surface area contributed by atoms with E-state index in [0.717, 1.165) is 0 Å². The molecule has 1 aliphatic heterocycles. The van der Waals surface area contributed by atoms with Gasteiger partial charge in [-0.05, 0) is 29.8 Å². The molecule has 0 spiro atoms. The average Bonchev–Trinajstić information content (AvgIpc) is 2.89. The fourth-order valence-electron chi connectivity index (χ4n) is 3.81. The predicted molar refractivity (Wildman–Crippen MR) is 121 cm³/mol. The van der Waals surface area contributed by atoms with Crippen LogP contribution in [0, 0.1) is 0 Å². The Balaban J connectivity index is 1.69. The van der Waals surface area contributed by atoms with Gasteiger partial charge in [-0.25, -0.2) is 8.42 Å². The van der Waals surface area contributed by atoms with Gasteiger partial charge in [-0.3, -0.25) is 9.59 Å². The highest BCUT2D eigenvalue weighted by Crippen LogP contribution is 2.40. The van der Waals surface area contributed by atoms with Crippen LogP contribution in [-0.2, 0) is 19.4 Å². The van der Waals surface area contributed by atoms with Crippen LogP contribution in [0.5, 0.6) is 5.75 Å². The summed E-state index contributed by atoms with van der Waals surface area (Å²) in [5.41, 5.74) is 1.20. The maximum absolute atomic E-state index is 13.5. The van der Waals surface area contributed by atoms with E-state index in [-0.39, 0.29) is 23.5 Å². The number of rotatable bonds is 5. The number of carbonyl (C=O) groups is 2. The molecule has 7 nitrogen and oxygen atoms in total. The van der Waals surface area contributed by atoms with Crippen molar-refractivity contribution in [3.8, 4) is 5.75 Å². The highest BCUT2D eigenvalue weighted by Gasteiger charge is 2.39. The average molecular weight is 451 g/mol. The van der Waals surface area contributed by atoms with E-state index >= 15 is 0 Å². The van der Waals surface area contributed by atoms with Crippen LogP contribution in [0.15, 0.2) is 83.8 Å². The molecule has 2 amide bonds. The number of hydrogen-bond acceptors (Lipinski definition) is 5. The molecule has 8 heteroatoms. The number of sulfone groups is 1. The first-order valence-electron chi connectivity index (χ1n) is 10.0. The number of fused-ring (bicyclic) bond motifs is 1. The van der Waals surface area contributed by atoms with Gasteiger partial charge in [0.1, 0.15) is 12.3 Å². The van der Waals surface area contributed by atoms with Crippen molar-refractivity contribution in [1.29, 1.82) is 0 Å². The van der Waals surface area contributed by atoms with Crippen molar-refractivity contribution in [2.45, 2.75) is 16.6 Å². The topological polar surface area (TPSA) is 92.8 Å². The van der Waals surface area contributed by atoms with Gasteiger partial charge in [0.15, 0.2) is 9.84 Å². The van der Waals surface area contributed by atoms with Crippen LogP contribution in [0.2, 0.25) is 0 Å². The monoisotopic (exact) mass is 450 g/mol. The van der Waals surface area contributed by atoms with E-state index in [2.05, 4.69) is 5.32 Å². The third-order valence-electron chi connectivity index (χ3n) is 5.35. The van der Waals surface area contributed by atoms with Crippen molar-refractivity contribution in [2.75, 3.05) is 23.9 Å². The number of benzene rings is 3. The molecule has 0 saturated heterocycles. The quantitative estimate of drug-likeness (QED) is 0.641. The summed E-state index contributed by atoms with van der Waals surface area (Å²) in [6.45, 7) is -0.328. The molecule has 0 saturated carbocycles. The van der Waals surface area contributed by atoms with Gasteiger partial charge in [-0.2, -0.15) is 0 Å². The fourth-order valence-corrected chi connectivity index (χ4v) is 5.73. The molecule has 0 bridgehead atoms. The number of carbonyl (C=O) groups excluding carboxylic acids is 2. The Morgan fingerprint density at radius 1 is 1.00 bits per heavy atom. The lowest BCUT2D eigenvalue weighted by molar-refractivity contribution is -0.121. The minimum atomic E-state index is -3.86. The molecule has 1 N–H and O–H groups in total. The first-order valence-corrected chi connectivity index (χ1v) is 11.6. The van der Waals surface area contributed by atoms with E-state index in [9.17, 15) is 18.0 Å². The normalized spacial score (nSPS) is 17.2. The maximum atomic E-state index is 13.5. The Kier molecular flexibility index (Phi) is 5.96. The zero-order valence-corrected chi connectivity index (χ0v) is 18.2. The third-order valence-corrected chi connectivity index (χ3v) is 7.50. The molecule has 164 valence electrons. The van der Waals surface area contributed by atoms with Gasteiger partial charge in [0.05, 0.1) is 28.6 Å². The van der Waals surface area contributed by atoms with Gasteiger partial charge in [-0.15, -0.1) is 0 Å². The van der Waals surface area contributed by atoms with Crippen molar-refractivity contribution in [1.82, 2.24) is 0 Å². The second-order valence-corrected chi connectivity index (χ2v) is 9.44. The van der Waals surface area contributed by atoms with E-state index < -0.39 is 26.9 Å². The van der Waals surface area contributed by atoms with Crippen molar-refractivity contribution >= 4 is 33.0 Å². The van der Waals surface area contributed by atoms with Crippen molar-refractivity contribution < 1.29 is 22.7 Å². The Labute approximate surface area is 186 Å². The minimum absolute atomic E-state index is 0.0322. The Hall–Kier alpha value is -3.65. The standard InChI is InChI=1S/C24H22N2O5S/c1-31-20-13-7-5-11-18(20)25-23(27)16-26-19-12-6-8-14-21(19)32(29,30)22(15-24(26)28)17-9-3-2-4-10-17/h2-14,22H,15-16H2,1H3,(H,25,27). The molecular formula is C24H22N2O5S. The molecule has 0 radical (unpaired) electrons. The second-order valence-electron chi connectivity index (χ2n) is 7.34. The van der Waals surface area contributed by atoms with Gasteiger partial charge in [0.2, 0.25) is 11.8 Å². The number of hydrogen-bond donors (Lipinski definition) is 1. The molecule has 3 aromatic rings. The number of anilines is 2. The van der Waals surface area contributed by atoms with Crippen LogP contribution < -0.4 is 15.0 Å². The van der Waals surface area contributed by atoms with E-state index in [1.807, 2.05) is 0 Å². The van der Waals surface area contributed by atoms with E-state index in [1.165, 1.54) is 18.1 Å². The zero-order chi connectivity index (χ0) is 22.7. The first-order chi connectivity index (χ1) is 15.4. The number of methoxy groups -OCH3 is 1. The summed E-state index contributed by atoms with van der Waals surface area (Å²) in [5, 5.41) is 1.71. The lowest BCUT2D eigenvalue weighted by Gasteiger charge is -2.22. The zero-order valence-electron chi connectivity index (χ0n) is 17.4. The van der Waals surface area contributed by atoms with Crippen LogP contribution in [0.4, 0.5) is 11.4 Å². The Bertz CT molecular complexity index is 1260. The SMILES string of the molecule is COc1ccccc1NC(=O)CN1C(=O)CC(c2ccccc2)S(=O)(=O)c2ccccc21. The van der Waals surface area contributed by atoms with Crippen LogP contribution in [0.3, 0.4) is 0 Å². The number of amides is 2. The smallest absolute Gasteiger partial charge is 0.244 e. The predicted octanol–water partition coefficient (Wildman–Crippen LogP) is 3.59. The third kappa shape index (κ3) is 4.09. The van der Waals surface area contributed by atoms with Crippen LogP contribution in [0.25, 0.3) is 0 Å². The lowest BCUT2D eigenvalue weighted by Crippen LogP contribution is -2.38. The highest BCUT2D eigenvalue weighted by molar-refractivity contribution is 7.92. The number of ether oxygens (including phenoxy) is 1. The summed E-state index contributed by atoms with van der Waals surface area (Å²) >= 11 is 0. The van der Waals surface area contributed by atoms with Gasteiger partial charge in [-0.1, -0.05) is 54.6 Å². The van der Waals surface area contributed by atoms with Crippen molar-refractivity contribution in [3.63, 3.8) is 0 Å². The van der Waals surface area contributed by atoms with Crippen LogP contribution >= 0.6 is 0 Å². The van der Waals surface area contributed by atoms with Crippen LogP contribution in [0.1, 0.15) is 17.2 Å². The fraction of sp³-hybridized carbons (Fsp3) is 0.167. The lowest BCUT2D eigenvalue weighted by atomic mass is 10.1. The number of nitrogens with one attached hydrogen (secondary N) is 1. The molecule has 1 heterocycles. The molecule has 4 rings (SSSR count). The van der Waals surface area contributed by atoms with Gasteiger partial charge < -0.3 is 15.0 Å². The molecule has 1 aliphatic rings. The molecule has 32 heavy (non-hydrogen) atoms. The molecule has 0 fully saturated rings. The van der Waals surface area contributed by atoms with Crippen molar-refractivity contribution in [2.24, 2.45) is 0 Å². The van der Waals surface area contributed by atoms with E-state index in [0.29, 0.717) is 17.0 Å². The summed E-state index contributed by atoms with van der Waals surface area (Å²) in [5.74, 6) is -0.425. The summed E-state index contributed by atoms with van der Waals surface area (Å²) < 4.78 is 32.2. The number of nitrogens with zero attached hydrogens (tertiary/aromatic N) is 1. The van der Waals surface area contributed by atoms with Gasteiger partial charge in [0, 0.05) is 6.42 Å². The Morgan fingerprint density at radius 2 is 1.66 bits per heavy atom. The van der Waals surface area contributed by atoms with Crippen LogP contribution in [-0.4, -0.2) is 33.9 Å². The second kappa shape index (κ2) is 8.84. The summed E-state index contributed by atoms with van der Waals surface area (Å²) in [7, 11) is -2.36. The Morgan fingerprint density at radius 3 is 2.41 bits per heavy atom. The molecule has 1 atom stereocenters. The summed E-state index contributed by atoms with van der Waals surface area (Å²) in [6.07, 6.45) is -0.261. The van der Waals surface area contributed by atoms with E-state index in [4.69, 9.17) is 4.74 Å². The van der Waals surface area contributed by atoms with Gasteiger partial charge in [0.25, 0.3) is 0 Å². The maximum Gasteiger partial charge on any atom is 0.244 e. The molecule has 0 aromatic heterocycles.